The van der Waals surface area contributed by atoms with Crippen LogP contribution in [0.4, 0.5) is 8.78 Å². The van der Waals surface area contributed by atoms with Crippen molar-refractivity contribution in [2.75, 3.05) is 12.4 Å². The normalized spacial score (nSPS) is 13.1. The van der Waals surface area contributed by atoms with E-state index in [1.165, 1.54) is 23.9 Å². The molecule has 0 fully saturated rings. The SMILES string of the molecule is CC(C)NC(CO)CSc1ccc(F)cc1F. The molecule has 17 heavy (non-hydrogen) atoms. The zero-order valence-corrected chi connectivity index (χ0v) is 10.7. The monoisotopic (exact) mass is 261 g/mol. The van der Waals surface area contributed by atoms with Gasteiger partial charge in [0.2, 0.25) is 0 Å². The fourth-order valence-electron chi connectivity index (χ4n) is 1.41. The lowest BCUT2D eigenvalue weighted by Gasteiger charge is -2.18. The van der Waals surface area contributed by atoms with E-state index in [9.17, 15) is 8.78 Å². The predicted molar refractivity (Wildman–Crippen MR) is 66.2 cm³/mol. The molecular formula is C12H17F2NOS. The first-order valence-corrected chi connectivity index (χ1v) is 6.46. The van der Waals surface area contributed by atoms with Crippen molar-refractivity contribution >= 4 is 11.8 Å². The minimum Gasteiger partial charge on any atom is -0.395 e. The number of aliphatic hydroxyl groups excluding tert-OH is 1. The van der Waals surface area contributed by atoms with E-state index in [1.54, 1.807) is 0 Å². The van der Waals surface area contributed by atoms with E-state index in [2.05, 4.69) is 5.32 Å². The molecule has 1 atom stereocenters. The largest absolute Gasteiger partial charge is 0.395 e. The number of rotatable bonds is 6. The second-order valence-electron chi connectivity index (χ2n) is 4.09. The maximum absolute atomic E-state index is 13.3. The van der Waals surface area contributed by atoms with Gasteiger partial charge in [-0.3, -0.25) is 0 Å². The van der Waals surface area contributed by atoms with Gasteiger partial charge in [-0.2, -0.15) is 0 Å². The van der Waals surface area contributed by atoms with Gasteiger partial charge in [-0.25, -0.2) is 8.78 Å². The van der Waals surface area contributed by atoms with Crippen LogP contribution in [0.3, 0.4) is 0 Å². The van der Waals surface area contributed by atoms with Crippen LogP contribution in [0.5, 0.6) is 0 Å². The van der Waals surface area contributed by atoms with Crippen molar-refractivity contribution in [3.8, 4) is 0 Å². The van der Waals surface area contributed by atoms with Crippen molar-refractivity contribution in [1.82, 2.24) is 5.32 Å². The average molecular weight is 261 g/mol. The first kappa shape index (κ1) is 14.4. The summed E-state index contributed by atoms with van der Waals surface area (Å²) >= 11 is 1.27. The average Bonchev–Trinajstić information content (AvgIpc) is 2.25. The third kappa shape index (κ3) is 5.02. The van der Waals surface area contributed by atoms with Gasteiger partial charge in [0.15, 0.2) is 0 Å². The number of nitrogens with one attached hydrogen (secondary N) is 1. The summed E-state index contributed by atoms with van der Waals surface area (Å²) in [5.74, 6) is -0.598. The van der Waals surface area contributed by atoms with Gasteiger partial charge < -0.3 is 10.4 Å². The molecule has 0 spiro atoms. The minimum atomic E-state index is -0.578. The fourth-order valence-corrected chi connectivity index (χ4v) is 2.35. The van der Waals surface area contributed by atoms with Gasteiger partial charge in [0.1, 0.15) is 11.6 Å². The van der Waals surface area contributed by atoms with Crippen LogP contribution in [0.1, 0.15) is 13.8 Å². The Morgan fingerprint density at radius 3 is 2.59 bits per heavy atom. The summed E-state index contributed by atoms with van der Waals surface area (Å²) in [6, 6.07) is 3.68. The molecule has 0 aliphatic carbocycles. The molecule has 1 unspecified atom stereocenters. The lowest BCUT2D eigenvalue weighted by atomic mass is 10.3. The third-order valence-corrected chi connectivity index (χ3v) is 3.33. The van der Waals surface area contributed by atoms with Crippen molar-refractivity contribution < 1.29 is 13.9 Å². The fraction of sp³-hybridized carbons (Fsp3) is 0.500. The van der Waals surface area contributed by atoms with E-state index in [1.807, 2.05) is 13.8 Å². The summed E-state index contributed by atoms with van der Waals surface area (Å²) < 4.78 is 26.0. The van der Waals surface area contributed by atoms with Crippen LogP contribution in [-0.4, -0.2) is 29.5 Å². The molecule has 0 amide bonds. The number of hydrogen-bond donors (Lipinski definition) is 2. The van der Waals surface area contributed by atoms with E-state index in [4.69, 9.17) is 5.11 Å². The zero-order chi connectivity index (χ0) is 12.8. The Balaban J connectivity index is 2.53. The predicted octanol–water partition coefficient (Wildman–Crippen LogP) is 2.42. The molecule has 2 N–H and O–H groups in total. The summed E-state index contributed by atoms with van der Waals surface area (Å²) in [5.41, 5.74) is 0. The molecule has 0 aromatic heterocycles. The minimum absolute atomic E-state index is 0.00596. The van der Waals surface area contributed by atoms with Gasteiger partial charge in [-0.15, -0.1) is 11.8 Å². The molecular weight excluding hydrogens is 244 g/mol. The van der Waals surface area contributed by atoms with Crippen LogP contribution < -0.4 is 5.32 Å². The molecule has 0 bridgehead atoms. The molecule has 1 rings (SSSR count). The lowest BCUT2D eigenvalue weighted by molar-refractivity contribution is 0.247. The molecule has 5 heteroatoms. The molecule has 1 aromatic carbocycles. The van der Waals surface area contributed by atoms with Crippen molar-refractivity contribution in [3.63, 3.8) is 0 Å². The smallest absolute Gasteiger partial charge is 0.139 e. The van der Waals surface area contributed by atoms with Crippen LogP contribution >= 0.6 is 11.8 Å². The second-order valence-corrected chi connectivity index (χ2v) is 5.15. The van der Waals surface area contributed by atoms with Gasteiger partial charge >= 0.3 is 0 Å². The van der Waals surface area contributed by atoms with Gasteiger partial charge in [-0.1, -0.05) is 13.8 Å². The highest BCUT2D eigenvalue weighted by Crippen LogP contribution is 2.22. The highest BCUT2D eigenvalue weighted by molar-refractivity contribution is 7.99. The molecule has 0 aliphatic heterocycles. The number of thioether (sulfide) groups is 1. The summed E-state index contributed by atoms with van der Waals surface area (Å²) in [4.78, 5) is 0.399. The first-order chi connectivity index (χ1) is 8.02. The lowest BCUT2D eigenvalue weighted by Crippen LogP contribution is -2.39. The molecule has 0 saturated heterocycles. The van der Waals surface area contributed by atoms with Gasteiger partial charge in [0.05, 0.1) is 6.61 Å². The Hall–Kier alpha value is -0.650. The topological polar surface area (TPSA) is 32.3 Å². The Kier molecular flexibility index (Phi) is 5.88. The summed E-state index contributed by atoms with van der Waals surface area (Å²) in [7, 11) is 0. The van der Waals surface area contributed by atoms with E-state index in [0.29, 0.717) is 10.6 Å². The molecule has 0 saturated carbocycles. The Bertz CT molecular complexity index is 360. The van der Waals surface area contributed by atoms with Gasteiger partial charge in [0, 0.05) is 28.8 Å². The van der Waals surface area contributed by atoms with E-state index in [-0.39, 0.29) is 18.7 Å². The number of aliphatic hydroxyl groups is 1. The maximum atomic E-state index is 13.3. The second kappa shape index (κ2) is 6.93. The van der Waals surface area contributed by atoms with Crippen molar-refractivity contribution in [2.24, 2.45) is 0 Å². The Morgan fingerprint density at radius 2 is 2.06 bits per heavy atom. The van der Waals surface area contributed by atoms with E-state index in [0.717, 1.165) is 6.07 Å². The highest BCUT2D eigenvalue weighted by atomic mass is 32.2. The molecule has 0 radical (unpaired) electrons. The zero-order valence-electron chi connectivity index (χ0n) is 9.91. The van der Waals surface area contributed by atoms with Crippen LogP contribution in [0.2, 0.25) is 0 Å². The van der Waals surface area contributed by atoms with E-state index >= 15 is 0 Å². The van der Waals surface area contributed by atoms with Gasteiger partial charge in [0.25, 0.3) is 0 Å². The molecule has 2 nitrogen and oxygen atoms in total. The van der Waals surface area contributed by atoms with Crippen molar-refractivity contribution in [1.29, 1.82) is 0 Å². The summed E-state index contributed by atoms with van der Waals surface area (Å²) in [6.07, 6.45) is 0. The summed E-state index contributed by atoms with van der Waals surface area (Å²) in [5, 5.41) is 12.3. The quantitative estimate of drug-likeness (QED) is 0.771. The summed E-state index contributed by atoms with van der Waals surface area (Å²) in [6.45, 7) is 3.95. The maximum Gasteiger partial charge on any atom is 0.139 e. The van der Waals surface area contributed by atoms with Crippen LogP contribution in [0.25, 0.3) is 0 Å². The Labute approximate surface area is 104 Å². The van der Waals surface area contributed by atoms with E-state index < -0.39 is 11.6 Å². The van der Waals surface area contributed by atoms with Crippen molar-refractivity contribution in [2.45, 2.75) is 30.8 Å². The molecule has 1 aromatic rings. The van der Waals surface area contributed by atoms with Crippen LogP contribution in [0.15, 0.2) is 23.1 Å². The molecule has 0 heterocycles. The molecule has 96 valence electrons. The van der Waals surface area contributed by atoms with Crippen molar-refractivity contribution in [3.05, 3.63) is 29.8 Å². The highest BCUT2D eigenvalue weighted by Gasteiger charge is 2.11. The number of benzene rings is 1. The molecule has 0 aliphatic rings. The number of halogens is 2. The van der Waals surface area contributed by atoms with Gasteiger partial charge in [-0.05, 0) is 12.1 Å². The van der Waals surface area contributed by atoms with Crippen LogP contribution in [0, 0.1) is 11.6 Å². The number of hydrogen-bond acceptors (Lipinski definition) is 3. The Morgan fingerprint density at radius 1 is 1.35 bits per heavy atom. The first-order valence-electron chi connectivity index (χ1n) is 5.47. The third-order valence-electron chi connectivity index (χ3n) is 2.12. The van der Waals surface area contributed by atoms with Crippen LogP contribution in [-0.2, 0) is 0 Å². The standard InChI is InChI=1S/C12H17F2NOS/c1-8(2)15-10(6-16)7-17-12-4-3-9(13)5-11(12)14/h3-5,8,10,15-16H,6-7H2,1-2H3.